The maximum atomic E-state index is 4.24. The van der Waals surface area contributed by atoms with Crippen molar-refractivity contribution in [2.45, 2.75) is 19.8 Å². The lowest BCUT2D eigenvalue weighted by Crippen LogP contribution is -2.25. The van der Waals surface area contributed by atoms with Crippen molar-refractivity contribution in [3.05, 3.63) is 40.4 Å². The Hall–Kier alpha value is -1.42. The molecule has 3 nitrogen and oxygen atoms in total. The molecule has 0 aliphatic carbocycles. The number of hydrogen-bond donors (Lipinski definition) is 0. The van der Waals surface area contributed by atoms with Crippen LogP contribution in [0.5, 0.6) is 0 Å². The van der Waals surface area contributed by atoms with E-state index in [1.807, 2.05) is 6.92 Å². The lowest BCUT2D eigenvalue weighted by molar-refractivity contribution is 0.792. The Morgan fingerprint density at radius 3 is 2.24 bits per heavy atom. The number of fused-ring (bicyclic) bond motifs is 1. The van der Waals surface area contributed by atoms with Gasteiger partial charge in [0, 0.05) is 13.1 Å². The summed E-state index contributed by atoms with van der Waals surface area (Å²) in [4.78, 5) is 2.35. The zero-order valence-electron chi connectivity index (χ0n) is 9.89. The molecule has 1 aromatic heterocycles. The van der Waals surface area contributed by atoms with Crippen LogP contribution in [0.3, 0.4) is 0 Å². The van der Waals surface area contributed by atoms with Crippen molar-refractivity contribution in [1.29, 1.82) is 0 Å². The number of aryl methyl sites for hydroxylation is 1. The Balaban J connectivity index is 1.81. The molecule has 2 aromatic rings. The second kappa shape index (κ2) is 4.45. The van der Waals surface area contributed by atoms with E-state index in [0.717, 1.165) is 36.1 Å². The topological polar surface area (TPSA) is 29.0 Å². The Morgan fingerprint density at radius 1 is 1.06 bits per heavy atom. The van der Waals surface area contributed by atoms with Gasteiger partial charge < -0.3 is 4.90 Å². The molecule has 0 atom stereocenters. The van der Waals surface area contributed by atoms with Gasteiger partial charge in [-0.15, -0.1) is 10.2 Å². The van der Waals surface area contributed by atoms with Crippen LogP contribution in [0.4, 0.5) is 5.13 Å². The van der Waals surface area contributed by atoms with E-state index in [4.69, 9.17) is 0 Å². The summed E-state index contributed by atoms with van der Waals surface area (Å²) in [7, 11) is 0. The van der Waals surface area contributed by atoms with E-state index in [9.17, 15) is 0 Å². The first-order valence-electron chi connectivity index (χ1n) is 5.95. The summed E-state index contributed by atoms with van der Waals surface area (Å²) in [5.74, 6) is 0. The SMILES string of the molecule is Cc1nnc(N2CCc3ccccc3CC2)s1. The van der Waals surface area contributed by atoms with Gasteiger partial charge in [0.15, 0.2) is 0 Å². The Kier molecular flexibility index (Phi) is 2.81. The van der Waals surface area contributed by atoms with E-state index in [0.29, 0.717) is 0 Å². The van der Waals surface area contributed by atoms with Gasteiger partial charge >= 0.3 is 0 Å². The standard InChI is InChI=1S/C13H15N3S/c1-10-14-15-13(17-10)16-8-6-11-4-2-3-5-12(11)7-9-16/h2-5H,6-9H2,1H3. The first-order chi connectivity index (χ1) is 8.33. The first-order valence-corrected chi connectivity index (χ1v) is 6.76. The molecule has 0 spiro atoms. The van der Waals surface area contributed by atoms with Gasteiger partial charge in [-0.25, -0.2) is 0 Å². The maximum absolute atomic E-state index is 4.24. The van der Waals surface area contributed by atoms with Crippen LogP contribution in [0.1, 0.15) is 16.1 Å². The van der Waals surface area contributed by atoms with Crippen LogP contribution in [-0.2, 0) is 12.8 Å². The fourth-order valence-electron chi connectivity index (χ4n) is 2.27. The van der Waals surface area contributed by atoms with Crippen molar-refractivity contribution in [3.63, 3.8) is 0 Å². The first kappa shape index (κ1) is 10.7. The highest BCUT2D eigenvalue weighted by Gasteiger charge is 2.16. The molecule has 0 unspecified atom stereocenters. The third-order valence-corrected chi connectivity index (χ3v) is 4.11. The zero-order valence-corrected chi connectivity index (χ0v) is 10.7. The molecule has 2 heterocycles. The van der Waals surface area contributed by atoms with Crippen molar-refractivity contribution in [2.24, 2.45) is 0 Å². The Labute approximate surface area is 105 Å². The number of anilines is 1. The highest BCUT2D eigenvalue weighted by atomic mass is 32.1. The average Bonchev–Trinajstić information content (AvgIpc) is 2.66. The molecule has 1 aliphatic heterocycles. The third kappa shape index (κ3) is 2.17. The van der Waals surface area contributed by atoms with Gasteiger partial charge in [-0.1, -0.05) is 35.6 Å². The van der Waals surface area contributed by atoms with Gasteiger partial charge in [-0.3, -0.25) is 0 Å². The molecule has 3 rings (SSSR count). The molecule has 0 N–H and O–H groups in total. The van der Waals surface area contributed by atoms with E-state index in [2.05, 4.69) is 39.4 Å². The van der Waals surface area contributed by atoms with Gasteiger partial charge in [0.25, 0.3) is 0 Å². The fraction of sp³-hybridized carbons (Fsp3) is 0.385. The summed E-state index contributed by atoms with van der Waals surface area (Å²) < 4.78 is 0. The predicted octanol–water partition coefficient (Wildman–Crippen LogP) is 2.45. The van der Waals surface area contributed by atoms with E-state index in [1.165, 1.54) is 11.1 Å². The van der Waals surface area contributed by atoms with Crippen LogP contribution in [0.2, 0.25) is 0 Å². The van der Waals surface area contributed by atoms with Crippen molar-refractivity contribution in [1.82, 2.24) is 10.2 Å². The van der Waals surface area contributed by atoms with Gasteiger partial charge in [0.2, 0.25) is 5.13 Å². The van der Waals surface area contributed by atoms with Gasteiger partial charge in [-0.2, -0.15) is 0 Å². The van der Waals surface area contributed by atoms with Crippen molar-refractivity contribution < 1.29 is 0 Å². The molecule has 4 heteroatoms. The minimum Gasteiger partial charge on any atom is -0.346 e. The van der Waals surface area contributed by atoms with Crippen LogP contribution >= 0.6 is 11.3 Å². The number of hydrogen-bond acceptors (Lipinski definition) is 4. The highest BCUT2D eigenvalue weighted by Crippen LogP contribution is 2.23. The van der Waals surface area contributed by atoms with E-state index >= 15 is 0 Å². The fourth-order valence-corrected chi connectivity index (χ4v) is 3.01. The highest BCUT2D eigenvalue weighted by molar-refractivity contribution is 7.15. The van der Waals surface area contributed by atoms with E-state index < -0.39 is 0 Å². The van der Waals surface area contributed by atoms with Crippen molar-refractivity contribution in [2.75, 3.05) is 18.0 Å². The van der Waals surface area contributed by atoms with E-state index in [-0.39, 0.29) is 0 Å². The molecule has 0 radical (unpaired) electrons. The predicted molar refractivity (Wildman–Crippen MR) is 70.7 cm³/mol. The smallest absolute Gasteiger partial charge is 0.208 e. The van der Waals surface area contributed by atoms with E-state index in [1.54, 1.807) is 11.3 Å². The monoisotopic (exact) mass is 245 g/mol. The lowest BCUT2D eigenvalue weighted by Gasteiger charge is -2.17. The molecular formula is C13H15N3S. The average molecular weight is 245 g/mol. The van der Waals surface area contributed by atoms with Gasteiger partial charge in [0.05, 0.1) is 0 Å². The van der Waals surface area contributed by atoms with Crippen LogP contribution in [0, 0.1) is 6.92 Å². The van der Waals surface area contributed by atoms with Crippen LogP contribution in [0.15, 0.2) is 24.3 Å². The molecule has 0 amide bonds. The summed E-state index contributed by atoms with van der Waals surface area (Å²) in [6, 6.07) is 8.74. The number of rotatable bonds is 1. The lowest BCUT2D eigenvalue weighted by atomic mass is 10.0. The maximum Gasteiger partial charge on any atom is 0.208 e. The third-order valence-electron chi connectivity index (χ3n) is 3.21. The second-order valence-electron chi connectivity index (χ2n) is 4.36. The zero-order chi connectivity index (χ0) is 11.7. The Bertz CT molecular complexity index is 494. The summed E-state index contributed by atoms with van der Waals surface area (Å²) in [5, 5.41) is 10.4. The molecule has 0 saturated heterocycles. The molecule has 17 heavy (non-hydrogen) atoms. The minimum atomic E-state index is 1.04. The van der Waals surface area contributed by atoms with Crippen LogP contribution < -0.4 is 4.90 Å². The van der Waals surface area contributed by atoms with Gasteiger partial charge in [-0.05, 0) is 30.9 Å². The van der Waals surface area contributed by atoms with Crippen molar-refractivity contribution in [3.8, 4) is 0 Å². The van der Waals surface area contributed by atoms with Gasteiger partial charge in [0.1, 0.15) is 5.01 Å². The molecule has 88 valence electrons. The second-order valence-corrected chi connectivity index (χ2v) is 5.52. The number of aromatic nitrogens is 2. The quantitative estimate of drug-likeness (QED) is 0.773. The van der Waals surface area contributed by atoms with Crippen LogP contribution in [-0.4, -0.2) is 23.3 Å². The Morgan fingerprint density at radius 2 is 1.71 bits per heavy atom. The number of benzene rings is 1. The van der Waals surface area contributed by atoms with Crippen LogP contribution in [0.25, 0.3) is 0 Å². The summed E-state index contributed by atoms with van der Waals surface area (Å²) >= 11 is 1.69. The summed E-state index contributed by atoms with van der Waals surface area (Å²) in [6.07, 6.45) is 2.21. The summed E-state index contributed by atoms with van der Waals surface area (Å²) in [5.41, 5.74) is 2.97. The molecular weight excluding hydrogens is 230 g/mol. The largest absolute Gasteiger partial charge is 0.346 e. The van der Waals surface area contributed by atoms with Crippen molar-refractivity contribution >= 4 is 16.5 Å². The molecule has 0 saturated carbocycles. The summed E-state index contributed by atoms with van der Waals surface area (Å²) in [6.45, 7) is 4.10. The molecule has 1 aliphatic rings. The number of nitrogens with zero attached hydrogens (tertiary/aromatic N) is 3. The molecule has 0 fully saturated rings. The normalized spacial score (nSPS) is 15.5. The molecule has 1 aromatic carbocycles. The molecule has 0 bridgehead atoms. The minimum absolute atomic E-state index is 1.04.